The van der Waals surface area contributed by atoms with Crippen LogP contribution in [0.5, 0.6) is 0 Å². The molecular formula is C16H17ClN4O2S2. The first-order valence-corrected chi connectivity index (χ1v) is 10.0. The molecule has 0 atom stereocenters. The quantitative estimate of drug-likeness (QED) is 0.570. The number of hydrogen-bond acceptors (Lipinski definition) is 6. The minimum atomic E-state index is -0.153. The molecule has 1 aliphatic rings. The molecule has 0 unspecified atom stereocenters. The van der Waals surface area contributed by atoms with Gasteiger partial charge < -0.3 is 10.6 Å². The summed E-state index contributed by atoms with van der Waals surface area (Å²) in [5.41, 5.74) is 1.62. The lowest BCUT2D eigenvalue weighted by molar-refractivity contribution is -0.122. The van der Waals surface area contributed by atoms with Crippen molar-refractivity contribution < 1.29 is 9.59 Å². The molecule has 0 bridgehead atoms. The van der Waals surface area contributed by atoms with E-state index < -0.39 is 0 Å². The van der Waals surface area contributed by atoms with Crippen molar-refractivity contribution in [2.24, 2.45) is 5.92 Å². The van der Waals surface area contributed by atoms with Gasteiger partial charge in [0.2, 0.25) is 16.9 Å². The predicted molar refractivity (Wildman–Crippen MR) is 101 cm³/mol. The molecule has 25 heavy (non-hydrogen) atoms. The summed E-state index contributed by atoms with van der Waals surface area (Å²) in [7, 11) is 0. The van der Waals surface area contributed by atoms with Crippen LogP contribution in [0.1, 0.15) is 24.8 Å². The van der Waals surface area contributed by atoms with Gasteiger partial charge in [-0.2, -0.15) is 0 Å². The Hall–Kier alpha value is -1.64. The first kappa shape index (κ1) is 18.2. The second-order valence-electron chi connectivity index (χ2n) is 5.79. The van der Waals surface area contributed by atoms with Crippen LogP contribution >= 0.6 is 34.7 Å². The molecule has 2 aromatic rings. The molecule has 0 spiro atoms. The van der Waals surface area contributed by atoms with Crippen molar-refractivity contribution in [2.75, 3.05) is 16.4 Å². The van der Waals surface area contributed by atoms with Crippen LogP contribution in [-0.4, -0.2) is 27.8 Å². The molecule has 0 saturated heterocycles. The number of aromatic nitrogens is 2. The Balaban J connectivity index is 1.47. The number of anilines is 2. The number of nitrogens with one attached hydrogen (secondary N) is 2. The molecule has 6 nitrogen and oxygen atoms in total. The van der Waals surface area contributed by atoms with E-state index in [9.17, 15) is 9.59 Å². The summed E-state index contributed by atoms with van der Waals surface area (Å²) in [6, 6.07) is 5.38. The number of aryl methyl sites for hydroxylation is 1. The highest BCUT2D eigenvalue weighted by molar-refractivity contribution is 8.01. The van der Waals surface area contributed by atoms with Crippen molar-refractivity contribution in [1.29, 1.82) is 0 Å². The molecule has 3 rings (SSSR count). The maximum Gasteiger partial charge on any atom is 0.234 e. The molecule has 9 heteroatoms. The van der Waals surface area contributed by atoms with E-state index in [0.717, 1.165) is 24.8 Å². The molecule has 1 aromatic heterocycles. The van der Waals surface area contributed by atoms with E-state index in [4.69, 9.17) is 11.6 Å². The first-order chi connectivity index (χ1) is 12.0. The summed E-state index contributed by atoms with van der Waals surface area (Å²) >= 11 is 8.60. The Morgan fingerprint density at radius 3 is 2.80 bits per heavy atom. The highest BCUT2D eigenvalue weighted by atomic mass is 35.5. The maximum absolute atomic E-state index is 12.0. The summed E-state index contributed by atoms with van der Waals surface area (Å²) in [6.07, 6.45) is 2.99. The summed E-state index contributed by atoms with van der Waals surface area (Å²) < 4.78 is 0.640. The lowest BCUT2D eigenvalue weighted by Crippen LogP contribution is -2.27. The zero-order valence-electron chi connectivity index (χ0n) is 13.5. The van der Waals surface area contributed by atoms with Gasteiger partial charge in [0.1, 0.15) is 0 Å². The molecule has 1 heterocycles. The SMILES string of the molecule is Cc1ccc(NC(=O)CSc2nnc(NC(=O)C3CCC3)s2)cc1Cl. The number of rotatable bonds is 6. The molecular weight excluding hydrogens is 380 g/mol. The lowest BCUT2D eigenvalue weighted by Gasteiger charge is -2.23. The van der Waals surface area contributed by atoms with Crippen molar-refractivity contribution in [3.63, 3.8) is 0 Å². The van der Waals surface area contributed by atoms with Crippen molar-refractivity contribution in [2.45, 2.75) is 30.5 Å². The minimum Gasteiger partial charge on any atom is -0.325 e. The number of thioether (sulfide) groups is 1. The molecule has 1 aliphatic carbocycles. The van der Waals surface area contributed by atoms with E-state index >= 15 is 0 Å². The Labute approximate surface area is 158 Å². The largest absolute Gasteiger partial charge is 0.325 e. The third-order valence-corrected chi connectivity index (χ3v) is 6.27. The van der Waals surface area contributed by atoms with Gasteiger partial charge in [0.05, 0.1) is 5.75 Å². The maximum atomic E-state index is 12.0. The Bertz CT molecular complexity index is 792. The van der Waals surface area contributed by atoms with Crippen LogP contribution in [0.3, 0.4) is 0 Å². The van der Waals surface area contributed by atoms with Gasteiger partial charge in [0.25, 0.3) is 0 Å². The van der Waals surface area contributed by atoms with Crippen molar-refractivity contribution >= 4 is 57.3 Å². The van der Waals surface area contributed by atoms with Gasteiger partial charge in [-0.15, -0.1) is 10.2 Å². The minimum absolute atomic E-state index is 0.00735. The highest BCUT2D eigenvalue weighted by Crippen LogP contribution is 2.30. The number of carbonyl (C=O) groups excluding carboxylic acids is 2. The van der Waals surface area contributed by atoms with E-state index in [2.05, 4.69) is 20.8 Å². The Morgan fingerprint density at radius 1 is 1.32 bits per heavy atom. The van der Waals surface area contributed by atoms with Crippen molar-refractivity contribution in [3.8, 4) is 0 Å². The molecule has 2 amide bonds. The fourth-order valence-electron chi connectivity index (χ4n) is 2.19. The van der Waals surface area contributed by atoms with Crippen LogP contribution in [0.2, 0.25) is 5.02 Å². The molecule has 2 N–H and O–H groups in total. The average molecular weight is 397 g/mol. The van der Waals surface area contributed by atoms with Gasteiger partial charge in [-0.25, -0.2) is 0 Å². The smallest absolute Gasteiger partial charge is 0.234 e. The number of benzene rings is 1. The van der Waals surface area contributed by atoms with Gasteiger partial charge in [-0.05, 0) is 37.5 Å². The molecule has 0 radical (unpaired) electrons. The highest BCUT2D eigenvalue weighted by Gasteiger charge is 2.26. The van der Waals surface area contributed by atoms with Crippen LogP contribution in [0, 0.1) is 12.8 Å². The number of hydrogen-bond donors (Lipinski definition) is 2. The van der Waals surface area contributed by atoms with E-state index in [1.54, 1.807) is 6.07 Å². The lowest BCUT2D eigenvalue weighted by atomic mass is 9.85. The Morgan fingerprint density at radius 2 is 2.12 bits per heavy atom. The predicted octanol–water partition coefficient (Wildman–Crippen LogP) is 3.97. The van der Waals surface area contributed by atoms with Crippen LogP contribution in [0.15, 0.2) is 22.5 Å². The van der Waals surface area contributed by atoms with Crippen LogP contribution in [0.4, 0.5) is 10.8 Å². The third kappa shape index (κ3) is 4.93. The van der Waals surface area contributed by atoms with E-state index in [-0.39, 0.29) is 23.5 Å². The fourth-order valence-corrected chi connectivity index (χ4v) is 3.93. The monoisotopic (exact) mass is 396 g/mol. The first-order valence-electron chi connectivity index (χ1n) is 7.84. The van der Waals surface area contributed by atoms with Crippen molar-refractivity contribution in [1.82, 2.24) is 10.2 Å². The van der Waals surface area contributed by atoms with E-state index in [1.807, 2.05) is 19.1 Å². The van der Waals surface area contributed by atoms with Gasteiger partial charge in [-0.1, -0.05) is 47.2 Å². The van der Waals surface area contributed by atoms with Gasteiger partial charge in [0, 0.05) is 16.6 Å². The van der Waals surface area contributed by atoms with Gasteiger partial charge in [-0.3, -0.25) is 9.59 Å². The third-order valence-electron chi connectivity index (χ3n) is 3.89. The zero-order chi connectivity index (χ0) is 17.8. The molecule has 132 valence electrons. The van der Waals surface area contributed by atoms with Crippen LogP contribution < -0.4 is 10.6 Å². The number of halogens is 1. The Kier molecular flexibility index (Phi) is 5.93. The molecule has 1 aromatic carbocycles. The molecule has 0 aliphatic heterocycles. The second kappa shape index (κ2) is 8.16. The molecule has 1 saturated carbocycles. The second-order valence-corrected chi connectivity index (χ2v) is 8.40. The summed E-state index contributed by atoms with van der Waals surface area (Å²) in [5.74, 6) is 0.164. The fraction of sp³-hybridized carbons (Fsp3) is 0.375. The molecule has 1 fully saturated rings. The van der Waals surface area contributed by atoms with Crippen LogP contribution in [0.25, 0.3) is 0 Å². The summed E-state index contributed by atoms with van der Waals surface area (Å²) in [4.78, 5) is 23.9. The van der Waals surface area contributed by atoms with Crippen molar-refractivity contribution in [3.05, 3.63) is 28.8 Å². The number of amides is 2. The van der Waals surface area contributed by atoms with Crippen LogP contribution in [-0.2, 0) is 9.59 Å². The number of nitrogens with zero attached hydrogens (tertiary/aromatic N) is 2. The summed E-state index contributed by atoms with van der Waals surface area (Å²) in [6.45, 7) is 1.90. The average Bonchev–Trinajstić information content (AvgIpc) is 2.94. The number of carbonyl (C=O) groups is 2. The van der Waals surface area contributed by atoms with Gasteiger partial charge >= 0.3 is 0 Å². The van der Waals surface area contributed by atoms with Gasteiger partial charge in [0.15, 0.2) is 4.34 Å². The zero-order valence-corrected chi connectivity index (χ0v) is 15.9. The summed E-state index contributed by atoms with van der Waals surface area (Å²) in [5, 5.41) is 14.6. The van der Waals surface area contributed by atoms with E-state index in [0.29, 0.717) is 20.2 Å². The topological polar surface area (TPSA) is 84.0 Å². The normalized spacial score (nSPS) is 14.0. The standard InChI is InChI=1S/C16H17ClN4O2S2/c1-9-5-6-11(7-12(9)17)18-13(22)8-24-16-21-20-15(25-16)19-14(23)10-3-2-4-10/h5-7,10H,2-4,8H2,1H3,(H,18,22)(H,19,20,23). The van der Waals surface area contributed by atoms with E-state index in [1.165, 1.54) is 23.1 Å².